The van der Waals surface area contributed by atoms with Crippen LogP contribution >= 0.6 is 27.5 Å². The molecule has 1 N–H and O–H groups in total. The third-order valence-electron chi connectivity index (χ3n) is 3.08. The molecule has 142 valence electrons. The molecule has 12 heteroatoms. The SMILES string of the molecule is O=S(=O)(Nc1ccc(Cl)c(C(F)(F)F)c1)c1ccc(Br)c(C(F)(F)F)c1. The molecule has 0 saturated carbocycles. The fraction of sp³-hybridized carbons (Fsp3) is 0.143. The lowest BCUT2D eigenvalue weighted by Crippen LogP contribution is -2.16. The van der Waals surface area contributed by atoms with E-state index in [0.29, 0.717) is 12.1 Å². The van der Waals surface area contributed by atoms with Crippen LogP contribution in [0.15, 0.2) is 45.8 Å². The smallest absolute Gasteiger partial charge is 0.280 e. The van der Waals surface area contributed by atoms with Crippen molar-refractivity contribution >= 4 is 43.2 Å². The molecule has 0 radical (unpaired) electrons. The molecule has 0 heterocycles. The normalized spacial score (nSPS) is 12.9. The minimum Gasteiger partial charge on any atom is -0.280 e. The molecule has 3 nitrogen and oxygen atoms in total. The summed E-state index contributed by atoms with van der Waals surface area (Å²) in [7, 11) is -4.57. The third kappa shape index (κ3) is 4.63. The first-order valence-corrected chi connectivity index (χ1v) is 9.13. The van der Waals surface area contributed by atoms with Crippen LogP contribution in [-0.2, 0) is 22.4 Å². The fourth-order valence-corrected chi connectivity index (χ4v) is 3.68. The topological polar surface area (TPSA) is 46.2 Å². The van der Waals surface area contributed by atoms with Crippen LogP contribution in [0.1, 0.15) is 11.1 Å². The molecule has 0 aliphatic heterocycles. The quantitative estimate of drug-likeness (QED) is 0.550. The van der Waals surface area contributed by atoms with Crippen molar-refractivity contribution in [1.82, 2.24) is 0 Å². The molecule has 0 aromatic heterocycles. The van der Waals surface area contributed by atoms with E-state index in [1.165, 1.54) is 0 Å². The van der Waals surface area contributed by atoms with Gasteiger partial charge in [0.25, 0.3) is 10.0 Å². The minimum atomic E-state index is -4.83. The summed E-state index contributed by atoms with van der Waals surface area (Å²) in [6.45, 7) is 0. The van der Waals surface area contributed by atoms with Crippen LogP contribution < -0.4 is 4.72 Å². The highest BCUT2D eigenvalue weighted by Crippen LogP contribution is 2.38. The molecule has 26 heavy (non-hydrogen) atoms. The summed E-state index contributed by atoms with van der Waals surface area (Å²) in [5, 5.41) is -0.650. The zero-order valence-electron chi connectivity index (χ0n) is 12.2. The molecule has 0 atom stereocenters. The maximum absolute atomic E-state index is 12.9. The van der Waals surface area contributed by atoms with E-state index in [2.05, 4.69) is 15.9 Å². The Balaban J connectivity index is 2.45. The van der Waals surface area contributed by atoms with Gasteiger partial charge in [-0.1, -0.05) is 27.5 Å². The first-order chi connectivity index (χ1) is 11.7. The Hall–Kier alpha value is -1.46. The first-order valence-electron chi connectivity index (χ1n) is 6.48. The van der Waals surface area contributed by atoms with Gasteiger partial charge in [0.05, 0.1) is 21.0 Å². The number of benzene rings is 2. The molecule has 0 saturated heterocycles. The van der Waals surface area contributed by atoms with Gasteiger partial charge in [0.2, 0.25) is 0 Å². The molecular weight excluding hydrogens is 476 g/mol. The lowest BCUT2D eigenvalue weighted by atomic mass is 10.2. The summed E-state index contributed by atoms with van der Waals surface area (Å²) in [4.78, 5) is -0.767. The van der Waals surface area contributed by atoms with Crippen molar-refractivity contribution in [2.24, 2.45) is 0 Å². The van der Waals surface area contributed by atoms with Gasteiger partial charge in [0, 0.05) is 10.2 Å². The highest BCUT2D eigenvalue weighted by atomic mass is 79.9. The maximum Gasteiger partial charge on any atom is 0.417 e. The molecule has 0 bridgehead atoms. The number of anilines is 1. The summed E-state index contributed by atoms with van der Waals surface area (Å²) in [5.74, 6) is 0. The van der Waals surface area contributed by atoms with Gasteiger partial charge in [0.1, 0.15) is 0 Å². The largest absolute Gasteiger partial charge is 0.417 e. The van der Waals surface area contributed by atoms with Crippen LogP contribution in [0.2, 0.25) is 5.02 Å². The van der Waals surface area contributed by atoms with Gasteiger partial charge in [-0.2, -0.15) is 26.3 Å². The first kappa shape index (κ1) is 20.8. The Morgan fingerprint density at radius 2 is 1.46 bits per heavy atom. The Kier molecular flexibility index (Phi) is 5.56. The third-order valence-corrected chi connectivity index (χ3v) is 5.48. The van der Waals surface area contributed by atoms with Crippen LogP contribution in [0.3, 0.4) is 0 Å². The minimum absolute atomic E-state index is 0.368. The molecule has 0 amide bonds. The van der Waals surface area contributed by atoms with Crippen LogP contribution in [0.4, 0.5) is 32.0 Å². The van der Waals surface area contributed by atoms with E-state index < -0.39 is 49.1 Å². The number of rotatable bonds is 3. The van der Waals surface area contributed by atoms with Crippen LogP contribution in [-0.4, -0.2) is 8.42 Å². The van der Waals surface area contributed by atoms with Crippen molar-refractivity contribution in [3.8, 4) is 0 Å². The molecule has 0 aliphatic rings. The molecule has 0 fully saturated rings. The maximum atomic E-state index is 12.9. The molecule has 0 unspecified atom stereocenters. The second-order valence-electron chi connectivity index (χ2n) is 4.94. The van der Waals surface area contributed by atoms with Crippen molar-refractivity contribution < 1.29 is 34.8 Å². The molecule has 2 aromatic rings. The molecule has 2 aromatic carbocycles. The molecular formula is C14H7BrClF6NO2S. The van der Waals surface area contributed by atoms with Crippen molar-refractivity contribution in [2.45, 2.75) is 17.2 Å². The summed E-state index contributed by atoms with van der Waals surface area (Å²) < 4.78 is 103. The zero-order chi connectivity index (χ0) is 19.9. The second-order valence-corrected chi connectivity index (χ2v) is 7.88. The molecule has 0 spiro atoms. The Morgan fingerprint density at radius 3 is 2.00 bits per heavy atom. The Labute approximate surface area is 157 Å². The zero-order valence-corrected chi connectivity index (χ0v) is 15.4. The van der Waals surface area contributed by atoms with E-state index >= 15 is 0 Å². The Morgan fingerprint density at radius 1 is 0.885 bits per heavy atom. The lowest BCUT2D eigenvalue weighted by Gasteiger charge is -2.14. The summed E-state index contributed by atoms with van der Waals surface area (Å²) in [5.41, 5.74) is -3.03. The van der Waals surface area contributed by atoms with E-state index in [0.717, 1.165) is 24.3 Å². The standard InChI is InChI=1S/C14H7BrClF6NO2S/c15-11-3-2-8(6-9(11)13(17,18)19)26(24,25)23-7-1-4-12(16)10(5-7)14(20,21)22/h1-6,23H. The van der Waals surface area contributed by atoms with Crippen LogP contribution in [0.5, 0.6) is 0 Å². The van der Waals surface area contributed by atoms with Crippen molar-refractivity contribution in [3.05, 3.63) is 57.0 Å². The highest BCUT2D eigenvalue weighted by molar-refractivity contribution is 9.10. The Bertz CT molecular complexity index is 943. The van der Waals surface area contributed by atoms with Gasteiger partial charge in [-0.3, -0.25) is 4.72 Å². The molecule has 0 aliphatic carbocycles. The van der Waals surface area contributed by atoms with Crippen LogP contribution in [0.25, 0.3) is 0 Å². The van der Waals surface area contributed by atoms with Gasteiger partial charge in [-0.05, 0) is 36.4 Å². The van der Waals surface area contributed by atoms with Crippen LogP contribution in [0, 0.1) is 0 Å². The highest BCUT2D eigenvalue weighted by Gasteiger charge is 2.35. The van der Waals surface area contributed by atoms with E-state index in [9.17, 15) is 34.8 Å². The predicted octanol–water partition coefficient (Wildman–Crippen LogP) is 5.94. The van der Waals surface area contributed by atoms with E-state index in [1.807, 2.05) is 0 Å². The second kappa shape index (κ2) is 6.93. The van der Waals surface area contributed by atoms with Gasteiger partial charge in [-0.15, -0.1) is 0 Å². The average molecular weight is 483 g/mol. The van der Waals surface area contributed by atoms with Gasteiger partial charge in [0.15, 0.2) is 0 Å². The van der Waals surface area contributed by atoms with E-state index in [-0.39, 0.29) is 4.47 Å². The van der Waals surface area contributed by atoms with Gasteiger partial charge < -0.3 is 0 Å². The van der Waals surface area contributed by atoms with E-state index in [4.69, 9.17) is 11.6 Å². The van der Waals surface area contributed by atoms with Crippen molar-refractivity contribution in [2.75, 3.05) is 4.72 Å². The predicted molar refractivity (Wildman–Crippen MR) is 86.4 cm³/mol. The number of alkyl halides is 6. The lowest BCUT2D eigenvalue weighted by molar-refractivity contribution is -0.138. The number of nitrogens with one attached hydrogen (secondary N) is 1. The number of halogens is 8. The number of hydrogen-bond donors (Lipinski definition) is 1. The number of sulfonamides is 1. The molecule has 2 rings (SSSR count). The van der Waals surface area contributed by atoms with Gasteiger partial charge >= 0.3 is 12.4 Å². The summed E-state index contributed by atoms with van der Waals surface area (Å²) >= 11 is 8.09. The average Bonchev–Trinajstić information content (AvgIpc) is 2.47. The monoisotopic (exact) mass is 481 g/mol. The summed E-state index contributed by atoms with van der Waals surface area (Å²) in [6, 6.07) is 4.35. The van der Waals surface area contributed by atoms with Crippen molar-refractivity contribution in [1.29, 1.82) is 0 Å². The van der Waals surface area contributed by atoms with Gasteiger partial charge in [-0.25, -0.2) is 8.42 Å². The van der Waals surface area contributed by atoms with Crippen molar-refractivity contribution in [3.63, 3.8) is 0 Å². The summed E-state index contributed by atoms with van der Waals surface area (Å²) in [6.07, 6.45) is -9.66. The number of hydrogen-bond acceptors (Lipinski definition) is 2. The fourth-order valence-electron chi connectivity index (χ4n) is 1.91. The van der Waals surface area contributed by atoms with E-state index in [1.54, 1.807) is 4.72 Å².